The Kier molecular flexibility index (Phi) is 2.16. The van der Waals surface area contributed by atoms with E-state index in [9.17, 15) is 0 Å². The van der Waals surface area contributed by atoms with Crippen LogP contribution in [0.15, 0.2) is 18.2 Å². The van der Waals surface area contributed by atoms with Gasteiger partial charge in [0, 0.05) is 5.56 Å². The van der Waals surface area contributed by atoms with E-state index in [1.807, 2.05) is 12.1 Å². The van der Waals surface area contributed by atoms with Gasteiger partial charge in [-0.3, -0.25) is 0 Å². The van der Waals surface area contributed by atoms with Crippen LogP contribution in [0.5, 0.6) is 5.75 Å². The van der Waals surface area contributed by atoms with Gasteiger partial charge >= 0.3 is 7.73 Å². The average molecular weight is 229 g/mol. The Hall–Kier alpha value is -0.300. The molecule has 0 bridgehead atoms. The molecule has 0 saturated carbocycles. The Bertz CT molecular complexity index is 369. The van der Waals surface area contributed by atoms with Crippen molar-refractivity contribution in [2.24, 2.45) is 0 Å². The Morgan fingerprint density at radius 3 is 3.29 bits per heavy atom. The number of hydrogen-bond donors (Lipinski definition) is 0. The molecule has 1 aromatic carbocycles. The molecule has 2 atom stereocenters. The van der Waals surface area contributed by atoms with Crippen LogP contribution in [0.3, 0.4) is 0 Å². The second-order valence-electron chi connectivity index (χ2n) is 3.62. The number of benzene rings is 1. The summed E-state index contributed by atoms with van der Waals surface area (Å²) in [4.78, 5) is 0. The minimum absolute atomic E-state index is 0.173. The zero-order chi connectivity index (χ0) is 9.54. The van der Waals surface area contributed by atoms with E-state index in [-0.39, 0.29) is 6.10 Å². The first-order valence-corrected chi connectivity index (χ1v) is 6.85. The van der Waals surface area contributed by atoms with Gasteiger partial charge < -0.3 is 9.05 Å². The Balaban J connectivity index is 2.14. The fraction of sp³-hybridized carbons (Fsp3) is 0.400. The summed E-state index contributed by atoms with van der Waals surface area (Å²) in [5.74, 6) is 0.930. The third-order valence-corrected chi connectivity index (χ3v) is 3.98. The largest absolute Gasteiger partial charge is 0.436 e. The molecular formula is C10H10ClO2P. The highest BCUT2D eigenvalue weighted by molar-refractivity contribution is 7.76. The molecule has 4 heteroatoms. The highest BCUT2D eigenvalue weighted by Gasteiger charge is 2.32. The van der Waals surface area contributed by atoms with Gasteiger partial charge in [-0.25, -0.2) is 0 Å². The normalized spacial score (nSPS) is 29.2. The van der Waals surface area contributed by atoms with Crippen molar-refractivity contribution in [3.8, 4) is 5.75 Å². The van der Waals surface area contributed by atoms with E-state index in [2.05, 4.69) is 6.07 Å². The van der Waals surface area contributed by atoms with Gasteiger partial charge in [0.2, 0.25) is 0 Å². The average Bonchev–Trinajstić information content (AvgIpc) is 2.18. The monoisotopic (exact) mass is 228 g/mol. The molecule has 0 N–H and O–H groups in total. The van der Waals surface area contributed by atoms with Gasteiger partial charge in [0.1, 0.15) is 5.75 Å². The van der Waals surface area contributed by atoms with Crippen LogP contribution in [0.1, 0.15) is 30.1 Å². The molecule has 1 aliphatic heterocycles. The van der Waals surface area contributed by atoms with Crippen LogP contribution in [-0.4, -0.2) is 0 Å². The number of rotatable bonds is 0. The number of halogens is 1. The second kappa shape index (κ2) is 3.37. The summed E-state index contributed by atoms with van der Waals surface area (Å²) in [5, 5.41) is 0. The maximum absolute atomic E-state index is 5.91. The lowest BCUT2D eigenvalue weighted by Gasteiger charge is -2.32. The van der Waals surface area contributed by atoms with Crippen LogP contribution in [0.4, 0.5) is 0 Å². The van der Waals surface area contributed by atoms with E-state index in [4.69, 9.17) is 20.3 Å². The molecule has 0 fully saturated rings. The summed E-state index contributed by atoms with van der Waals surface area (Å²) in [7, 11) is -1.23. The van der Waals surface area contributed by atoms with E-state index in [1.165, 1.54) is 17.5 Å². The molecule has 2 nitrogen and oxygen atoms in total. The van der Waals surface area contributed by atoms with E-state index in [0.717, 1.165) is 18.6 Å². The zero-order valence-corrected chi connectivity index (χ0v) is 9.22. The van der Waals surface area contributed by atoms with Crippen LogP contribution >= 0.6 is 19.0 Å². The van der Waals surface area contributed by atoms with Crippen LogP contribution in [0, 0.1) is 0 Å². The van der Waals surface area contributed by atoms with Crippen LogP contribution in [-0.2, 0) is 10.9 Å². The molecule has 0 spiro atoms. The van der Waals surface area contributed by atoms with E-state index < -0.39 is 7.73 Å². The Morgan fingerprint density at radius 1 is 1.43 bits per heavy atom. The molecule has 2 aliphatic rings. The topological polar surface area (TPSA) is 18.5 Å². The lowest BCUT2D eigenvalue weighted by Crippen LogP contribution is -2.16. The zero-order valence-electron chi connectivity index (χ0n) is 7.57. The van der Waals surface area contributed by atoms with Crippen molar-refractivity contribution in [1.29, 1.82) is 0 Å². The lowest BCUT2D eigenvalue weighted by molar-refractivity contribution is 0.173. The fourth-order valence-corrected chi connectivity index (χ4v) is 3.46. The smallest absolute Gasteiger partial charge is 0.339 e. The first-order chi connectivity index (χ1) is 6.84. The van der Waals surface area contributed by atoms with E-state index in [0.29, 0.717) is 0 Å². The van der Waals surface area contributed by atoms with Crippen molar-refractivity contribution >= 4 is 19.0 Å². The van der Waals surface area contributed by atoms with Crippen molar-refractivity contribution < 1.29 is 9.05 Å². The maximum Gasteiger partial charge on any atom is 0.339 e. The third kappa shape index (κ3) is 1.33. The van der Waals surface area contributed by atoms with Gasteiger partial charge in [0.05, 0.1) is 6.10 Å². The van der Waals surface area contributed by atoms with Gasteiger partial charge in [-0.05, 0) is 42.1 Å². The Labute approximate surface area is 88.9 Å². The maximum atomic E-state index is 5.91. The molecule has 1 heterocycles. The van der Waals surface area contributed by atoms with Crippen molar-refractivity contribution in [2.75, 3.05) is 0 Å². The molecule has 0 aromatic heterocycles. The highest BCUT2D eigenvalue weighted by atomic mass is 35.7. The van der Waals surface area contributed by atoms with Crippen LogP contribution in [0.25, 0.3) is 0 Å². The van der Waals surface area contributed by atoms with Crippen LogP contribution in [0.2, 0.25) is 0 Å². The van der Waals surface area contributed by atoms with Crippen molar-refractivity contribution in [1.82, 2.24) is 0 Å². The molecule has 2 unspecified atom stereocenters. The van der Waals surface area contributed by atoms with Gasteiger partial charge in [-0.1, -0.05) is 12.1 Å². The number of hydrogen-bond acceptors (Lipinski definition) is 2. The Morgan fingerprint density at radius 2 is 2.36 bits per heavy atom. The molecule has 0 amide bonds. The third-order valence-electron chi connectivity index (χ3n) is 2.77. The van der Waals surface area contributed by atoms with Crippen molar-refractivity contribution in [3.05, 3.63) is 29.3 Å². The summed E-state index contributed by atoms with van der Waals surface area (Å²) < 4.78 is 11.1. The fourth-order valence-electron chi connectivity index (χ4n) is 2.18. The second-order valence-corrected chi connectivity index (χ2v) is 5.27. The molecule has 3 rings (SSSR count). The van der Waals surface area contributed by atoms with E-state index >= 15 is 0 Å². The summed E-state index contributed by atoms with van der Waals surface area (Å²) >= 11 is 5.91. The van der Waals surface area contributed by atoms with Gasteiger partial charge in [-0.15, -0.1) is 0 Å². The van der Waals surface area contributed by atoms with Crippen LogP contribution < -0.4 is 4.52 Å². The van der Waals surface area contributed by atoms with Crippen molar-refractivity contribution in [2.45, 2.75) is 25.4 Å². The first kappa shape index (κ1) is 8.96. The molecule has 1 aliphatic carbocycles. The van der Waals surface area contributed by atoms with Gasteiger partial charge in [-0.2, -0.15) is 0 Å². The SMILES string of the molecule is ClP1Oc2cccc3c2C(CCC3)O1. The van der Waals surface area contributed by atoms with Gasteiger partial charge in [0.15, 0.2) is 0 Å². The summed E-state index contributed by atoms with van der Waals surface area (Å²) in [6.07, 6.45) is 3.56. The van der Waals surface area contributed by atoms with E-state index in [1.54, 1.807) is 0 Å². The minimum Gasteiger partial charge on any atom is -0.436 e. The summed E-state index contributed by atoms with van der Waals surface area (Å²) in [5.41, 5.74) is 2.59. The quantitative estimate of drug-likeness (QED) is 0.626. The highest BCUT2D eigenvalue weighted by Crippen LogP contribution is 2.57. The molecule has 1 aromatic rings. The molecule has 14 heavy (non-hydrogen) atoms. The standard InChI is InChI=1S/C10H10ClO2P/c11-14-12-8-5-1-3-7-4-2-6-9(13-14)10(7)8/h1,3,5,9H,2,4,6H2. The van der Waals surface area contributed by atoms with Crippen molar-refractivity contribution in [3.63, 3.8) is 0 Å². The van der Waals surface area contributed by atoms with Gasteiger partial charge in [0.25, 0.3) is 0 Å². The predicted octanol–water partition coefficient (Wildman–Crippen LogP) is 3.94. The number of aryl methyl sites for hydroxylation is 1. The lowest BCUT2D eigenvalue weighted by atomic mass is 9.89. The summed E-state index contributed by atoms with van der Waals surface area (Å²) in [6.45, 7) is 0. The molecule has 0 radical (unpaired) electrons. The molecular weight excluding hydrogens is 219 g/mol. The summed E-state index contributed by atoms with van der Waals surface area (Å²) in [6, 6.07) is 6.17. The first-order valence-electron chi connectivity index (χ1n) is 4.77. The minimum atomic E-state index is -1.23. The predicted molar refractivity (Wildman–Crippen MR) is 56.6 cm³/mol. The molecule has 74 valence electrons. The molecule has 0 saturated heterocycles.